The maximum Gasteiger partial charge on any atom is 0.410 e. The molecule has 1 aromatic rings. The number of halogens is 2. The summed E-state index contributed by atoms with van der Waals surface area (Å²) < 4.78 is 25.3. The van der Waals surface area contributed by atoms with Crippen molar-refractivity contribution in [3.05, 3.63) is 29.6 Å². The zero-order valence-corrected chi connectivity index (χ0v) is 21.6. The lowest BCUT2D eigenvalue weighted by Crippen LogP contribution is -2.63. The first-order valence-electron chi connectivity index (χ1n) is 10.9. The van der Waals surface area contributed by atoms with Gasteiger partial charge in [0.1, 0.15) is 11.4 Å². The topological polar surface area (TPSA) is 78.4 Å². The van der Waals surface area contributed by atoms with Gasteiger partial charge in [0.25, 0.3) is 0 Å². The largest absolute Gasteiger partial charge is 0.444 e. The van der Waals surface area contributed by atoms with E-state index in [1.54, 1.807) is 11.0 Å². The number of likely N-dealkylation sites (tertiary alicyclic amines) is 1. The SMILES string of the molecule is CCNC(=NCc1ccc(N2CCOCC2)c(F)c1)NC1CN(C(=O)OC(C)(C)C)C1.I. The number of carbonyl (C=O) groups excluding carboxylic acids is 1. The number of ether oxygens (including phenoxy) is 2. The third kappa shape index (κ3) is 7.65. The molecule has 2 heterocycles. The van der Waals surface area contributed by atoms with Gasteiger partial charge >= 0.3 is 6.09 Å². The van der Waals surface area contributed by atoms with Crippen molar-refractivity contribution >= 4 is 41.7 Å². The third-order valence-corrected chi connectivity index (χ3v) is 5.00. The highest BCUT2D eigenvalue weighted by molar-refractivity contribution is 14.0. The normalized spacial score (nSPS) is 17.3. The third-order valence-electron chi connectivity index (χ3n) is 5.00. The van der Waals surface area contributed by atoms with E-state index in [0.717, 1.165) is 5.56 Å². The minimum absolute atomic E-state index is 0. The molecule has 180 valence electrons. The van der Waals surface area contributed by atoms with Gasteiger partial charge in [-0.25, -0.2) is 14.2 Å². The van der Waals surface area contributed by atoms with E-state index in [-0.39, 0.29) is 41.9 Å². The summed E-state index contributed by atoms with van der Waals surface area (Å²) in [6, 6.07) is 5.38. The Labute approximate surface area is 206 Å². The van der Waals surface area contributed by atoms with E-state index in [0.29, 0.717) is 64.1 Å². The van der Waals surface area contributed by atoms with E-state index >= 15 is 0 Å². The highest BCUT2D eigenvalue weighted by Crippen LogP contribution is 2.22. The van der Waals surface area contributed by atoms with E-state index < -0.39 is 5.60 Å². The van der Waals surface area contributed by atoms with Crippen molar-refractivity contribution in [2.45, 2.75) is 45.9 Å². The van der Waals surface area contributed by atoms with Crippen LogP contribution in [0.1, 0.15) is 33.3 Å². The number of hydrogen-bond donors (Lipinski definition) is 2. The minimum atomic E-state index is -0.501. The fourth-order valence-electron chi connectivity index (χ4n) is 3.44. The van der Waals surface area contributed by atoms with Crippen molar-refractivity contribution in [3.8, 4) is 0 Å². The number of nitrogens with one attached hydrogen (secondary N) is 2. The van der Waals surface area contributed by atoms with Crippen molar-refractivity contribution in [1.29, 1.82) is 0 Å². The molecule has 0 atom stereocenters. The molecule has 2 fully saturated rings. The van der Waals surface area contributed by atoms with Crippen LogP contribution in [0.25, 0.3) is 0 Å². The van der Waals surface area contributed by atoms with E-state index in [9.17, 15) is 9.18 Å². The molecule has 8 nitrogen and oxygen atoms in total. The van der Waals surface area contributed by atoms with Crippen LogP contribution in [0.4, 0.5) is 14.9 Å². The van der Waals surface area contributed by atoms with Gasteiger partial charge in [0.2, 0.25) is 0 Å². The van der Waals surface area contributed by atoms with Crippen LogP contribution in [0.3, 0.4) is 0 Å². The van der Waals surface area contributed by atoms with E-state index in [2.05, 4.69) is 15.6 Å². The number of aliphatic imine (C=N–C) groups is 1. The molecule has 0 bridgehead atoms. The van der Waals surface area contributed by atoms with Crippen LogP contribution in [0.15, 0.2) is 23.2 Å². The molecule has 0 spiro atoms. The van der Waals surface area contributed by atoms with Gasteiger partial charge in [-0.2, -0.15) is 0 Å². The summed E-state index contributed by atoms with van der Waals surface area (Å²) >= 11 is 0. The van der Waals surface area contributed by atoms with Crippen molar-refractivity contribution in [3.63, 3.8) is 0 Å². The quantitative estimate of drug-likeness (QED) is 0.326. The fourth-order valence-corrected chi connectivity index (χ4v) is 3.44. The lowest BCUT2D eigenvalue weighted by atomic mass is 10.1. The van der Waals surface area contributed by atoms with Gasteiger partial charge in [0.05, 0.1) is 31.5 Å². The van der Waals surface area contributed by atoms with E-state index in [1.165, 1.54) is 0 Å². The van der Waals surface area contributed by atoms with E-state index in [1.807, 2.05) is 44.7 Å². The lowest BCUT2D eigenvalue weighted by molar-refractivity contribution is 0.00700. The molecule has 0 saturated carbocycles. The number of morpholine rings is 1. The minimum Gasteiger partial charge on any atom is -0.444 e. The summed E-state index contributed by atoms with van der Waals surface area (Å²) in [5.74, 6) is 0.411. The Morgan fingerprint density at radius 3 is 2.56 bits per heavy atom. The summed E-state index contributed by atoms with van der Waals surface area (Å²) in [4.78, 5) is 20.3. The Hall–Kier alpha value is -1.82. The Morgan fingerprint density at radius 1 is 1.28 bits per heavy atom. The number of carbonyl (C=O) groups is 1. The van der Waals surface area contributed by atoms with Crippen molar-refractivity contribution in [2.75, 3.05) is 50.8 Å². The summed E-state index contributed by atoms with van der Waals surface area (Å²) in [5.41, 5.74) is 0.909. The zero-order valence-electron chi connectivity index (χ0n) is 19.3. The van der Waals surface area contributed by atoms with Gasteiger partial charge in [0.15, 0.2) is 5.96 Å². The molecule has 0 aromatic heterocycles. The second-order valence-electron chi connectivity index (χ2n) is 8.81. The maximum absolute atomic E-state index is 14.6. The molecule has 10 heteroatoms. The molecule has 2 N–H and O–H groups in total. The molecule has 2 saturated heterocycles. The number of hydrogen-bond acceptors (Lipinski definition) is 5. The fraction of sp³-hybridized carbons (Fsp3) is 0.636. The molecular formula is C22H35FIN5O3. The lowest BCUT2D eigenvalue weighted by Gasteiger charge is -2.40. The maximum atomic E-state index is 14.6. The first-order valence-corrected chi connectivity index (χ1v) is 10.9. The molecule has 32 heavy (non-hydrogen) atoms. The van der Waals surface area contributed by atoms with E-state index in [4.69, 9.17) is 9.47 Å². The van der Waals surface area contributed by atoms with Crippen LogP contribution in [-0.4, -0.2) is 74.5 Å². The molecule has 3 rings (SSSR count). The molecule has 0 unspecified atom stereocenters. The number of amides is 1. The number of nitrogens with zero attached hydrogens (tertiary/aromatic N) is 3. The van der Waals surface area contributed by atoms with Gasteiger partial charge in [-0.15, -0.1) is 24.0 Å². The Bertz CT molecular complexity index is 790. The predicted molar refractivity (Wildman–Crippen MR) is 134 cm³/mol. The summed E-state index contributed by atoms with van der Waals surface area (Å²) in [5, 5.41) is 6.52. The summed E-state index contributed by atoms with van der Waals surface area (Å²) in [6.07, 6.45) is -0.302. The van der Waals surface area contributed by atoms with Crippen LogP contribution in [0, 0.1) is 5.82 Å². The molecule has 0 aliphatic carbocycles. The van der Waals surface area contributed by atoms with Gasteiger partial charge < -0.3 is 29.9 Å². The molecular weight excluding hydrogens is 528 g/mol. The standard InChI is InChI=1S/C22H34FN5O3.HI/c1-5-24-20(26-17-14-28(15-17)21(29)31-22(2,3)4)25-13-16-6-7-19(18(23)12-16)27-8-10-30-11-9-27;/h6-7,12,17H,5,8-11,13-15H2,1-4H3,(H2,24,25,26);1H. The first kappa shape index (κ1) is 26.4. The summed E-state index contributed by atoms with van der Waals surface area (Å²) in [6.45, 7) is 12.4. The second kappa shape index (κ2) is 11.9. The number of benzene rings is 1. The second-order valence-corrected chi connectivity index (χ2v) is 8.81. The average Bonchev–Trinajstić information content (AvgIpc) is 2.67. The molecule has 2 aliphatic heterocycles. The molecule has 0 radical (unpaired) electrons. The monoisotopic (exact) mass is 563 g/mol. The Kier molecular flexibility index (Phi) is 9.81. The van der Waals surface area contributed by atoms with Crippen LogP contribution in [-0.2, 0) is 16.0 Å². The zero-order chi connectivity index (χ0) is 22.4. The predicted octanol–water partition coefficient (Wildman–Crippen LogP) is 2.95. The van der Waals surface area contributed by atoms with Gasteiger partial charge in [-0.05, 0) is 45.4 Å². The van der Waals surface area contributed by atoms with Crippen LogP contribution < -0.4 is 15.5 Å². The summed E-state index contributed by atoms with van der Waals surface area (Å²) in [7, 11) is 0. The number of guanidine groups is 1. The van der Waals surface area contributed by atoms with Gasteiger partial charge in [-0.3, -0.25) is 0 Å². The van der Waals surface area contributed by atoms with Crippen LogP contribution >= 0.6 is 24.0 Å². The number of rotatable bonds is 5. The first-order chi connectivity index (χ1) is 14.7. The Morgan fingerprint density at radius 2 is 1.97 bits per heavy atom. The van der Waals surface area contributed by atoms with Crippen LogP contribution in [0.2, 0.25) is 0 Å². The highest BCUT2D eigenvalue weighted by atomic mass is 127. The smallest absolute Gasteiger partial charge is 0.410 e. The van der Waals surface area contributed by atoms with Crippen molar-refractivity contribution in [2.24, 2.45) is 4.99 Å². The molecule has 2 aliphatic rings. The highest BCUT2D eigenvalue weighted by Gasteiger charge is 2.34. The Balaban J connectivity index is 0.00000363. The molecule has 1 amide bonds. The van der Waals surface area contributed by atoms with Crippen molar-refractivity contribution in [1.82, 2.24) is 15.5 Å². The van der Waals surface area contributed by atoms with Gasteiger partial charge in [0, 0.05) is 32.7 Å². The molecule has 1 aromatic carbocycles. The average molecular weight is 563 g/mol. The van der Waals surface area contributed by atoms with Crippen LogP contribution in [0.5, 0.6) is 0 Å². The van der Waals surface area contributed by atoms with Gasteiger partial charge in [-0.1, -0.05) is 6.07 Å². The van der Waals surface area contributed by atoms with Crippen molar-refractivity contribution < 1.29 is 18.7 Å². The number of anilines is 1.